The number of benzene rings is 20. The zero-order valence-electron chi connectivity index (χ0n) is 72.5. The van der Waals surface area contributed by atoms with Crippen LogP contribution in [-0.4, -0.2) is 41.9 Å². The van der Waals surface area contributed by atoms with Gasteiger partial charge in [0.25, 0.3) is 0 Å². The second kappa shape index (κ2) is 29.7. The van der Waals surface area contributed by atoms with E-state index >= 15 is 0 Å². The standard InChI is InChI=1S/C124H78N10/c1-7-29-87(30-8-1)127(88-31-9-2-10-32-88)93-59-68-121-107(77-93)98-45-23-28-50-112(98)134(121)124-125-122(132-117-64-55-83(79-51-60-113-99(69-79)94-41-19-24-46-108(94)128(113)89-33-11-3-12-34-89)73-103(117)104-74-84(56-65-118(104)132)80-52-61-114-100(70-80)95-42-20-25-47-109(95)129(114)90-35-13-4-14-36-90)78-123(126-124)133-119-66-57-85(81-53-62-115-101(71-81)96-43-21-26-48-110(96)130(115)91-37-15-5-16-38-91)75-105(119)106-76-86(58-67-120(106)133)82-54-63-116-102(72-82)97-44-22-27-49-111(97)131(116)92-39-17-6-18-40-92/h1-78H. The van der Waals surface area contributed by atoms with E-state index in [2.05, 4.69) is 510 Å². The predicted molar refractivity (Wildman–Crippen MR) is 559 cm³/mol. The Hall–Kier alpha value is -18.1. The zero-order chi connectivity index (χ0) is 87.7. The van der Waals surface area contributed by atoms with Gasteiger partial charge in [-0.1, -0.05) is 249 Å². The van der Waals surface area contributed by atoms with Gasteiger partial charge in [-0.3, -0.25) is 13.7 Å². The summed E-state index contributed by atoms with van der Waals surface area (Å²) < 4.78 is 16.7. The quantitative estimate of drug-likeness (QED) is 0.109. The minimum Gasteiger partial charge on any atom is -0.310 e. The first kappa shape index (κ1) is 74.9. The van der Waals surface area contributed by atoms with Crippen molar-refractivity contribution in [1.82, 2.24) is 41.9 Å². The van der Waals surface area contributed by atoms with E-state index in [9.17, 15) is 0 Å². The lowest BCUT2D eigenvalue weighted by atomic mass is 9.98. The summed E-state index contributed by atoms with van der Waals surface area (Å²) in [4.78, 5) is 14.6. The summed E-state index contributed by atoms with van der Waals surface area (Å²) in [5, 5.41) is 16.0. The van der Waals surface area contributed by atoms with E-state index in [0.717, 1.165) is 194 Å². The fourth-order valence-electron chi connectivity index (χ4n) is 21.9. The van der Waals surface area contributed by atoms with E-state index in [1.54, 1.807) is 0 Å². The number of hydrogen-bond acceptors (Lipinski definition) is 3. The van der Waals surface area contributed by atoms with Gasteiger partial charge < -0.3 is 23.2 Å². The maximum Gasteiger partial charge on any atom is 0.238 e. The topological polar surface area (TPSA) is 63.5 Å². The van der Waals surface area contributed by atoms with E-state index in [-0.39, 0.29) is 0 Å². The number of nitrogens with zero attached hydrogens (tertiary/aromatic N) is 10. The fraction of sp³-hybridized carbons (Fsp3) is 0. The number of anilines is 3. The Morgan fingerprint density at radius 3 is 0.597 bits per heavy atom. The molecule has 0 radical (unpaired) electrons. The molecule has 20 aromatic carbocycles. The van der Waals surface area contributed by atoms with Crippen LogP contribution >= 0.6 is 0 Å². The highest BCUT2D eigenvalue weighted by Crippen LogP contribution is 2.48. The van der Waals surface area contributed by atoms with E-state index in [0.29, 0.717) is 17.6 Å². The van der Waals surface area contributed by atoms with Crippen molar-refractivity contribution in [3.63, 3.8) is 0 Å². The Labute approximate surface area is 769 Å². The molecule has 0 unspecified atom stereocenters. The molecular weight excluding hydrogens is 1630 g/mol. The van der Waals surface area contributed by atoms with E-state index < -0.39 is 0 Å². The van der Waals surface area contributed by atoms with Gasteiger partial charge in [0.05, 0.1) is 77.2 Å². The molecule has 0 N–H and O–H groups in total. The van der Waals surface area contributed by atoms with Crippen LogP contribution in [0.4, 0.5) is 17.1 Å². The highest BCUT2D eigenvalue weighted by atomic mass is 15.2. The Bertz CT molecular complexity index is 8770. The lowest BCUT2D eigenvalue weighted by Crippen LogP contribution is -2.10. The van der Waals surface area contributed by atoms with Crippen molar-refractivity contribution in [2.75, 3.05) is 4.90 Å². The first-order valence-electron chi connectivity index (χ1n) is 45.8. The second-order valence-electron chi connectivity index (χ2n) is 35.2. The van der Waals surface area contributed by atoms with Crippen molar-refractivity contribution in [1.29, 1.82) is 0 Å². The summed E-state index contributed by atoms with van der Waals surface area (Å²) in [6, 6.07) is 174. The average Bonchev–Trinajstić information content (AvgIpc) is 1.55. The minimum atomic E-state index is 0.516. The molecule has 0 aliphatic carbocycles. The molecule has 0 amide bonds. The van der Waals surface area contributed by atoms with Gasteiger partial charge in [0.1, 0.15) is 11.6 Å². The molecule has 8 heterocycles. The summed E-state index contributed by atoms with van der Waals surface area (Å²) in [5.41, 5.74) is 31.7. The number of para-hydroxylation sites is 11. The summed E-state index contributed by atoms with van der Waals surface area (Å²) in [7, 11) is 0. The van der Waals surface area contributed by atoms with Crippen LogP contribution in [-0.2, 0) is 0 Å². The molecule has 10 nitrogen and oxygen atoms in total. The molecule has 10 heteroatoms. The maximum absolute atomic E-state index is 6.11. The van der Waals surface area contributed by atoms with Crippen LogP contribution in [0.1, 0.15) is 0 Å². The molecule has 28 rings (SSSR count). The molecule has 28 aromatic rings. The van der Waals surface area contributed by atoms with Crippen molar-refractivity contribution < 1.29 is 0 Å². The van der Waals surface area contributed by atoms with Crippen LogP contribution in [0, 0.1) is 0 Å². The number of aromatic nitrogens is 9. The van der Waals surface area contributed by atoms with Crippen molar-refractivity contribution in [2.24, 2.45) is 0 Å². The lowest BCUT2D eigenvalue weighted by Gasteiger charge is -2.25. The highest BCUT2D eigenvalue weighted by molar-refractivity contribution is 6.19. The molecule has 0 spiro atoms. The van der Waals surface area contributed by atoms with Gasteiger partial charge >= 0.3 is 0 Å². The Kier molecular flexibility index (Phi) is 16.6. The molecule has 0 aliphatic heterocycles. The third kappa shape index (κ3) is 11.6. The third-order valence-electron chi connectivity index (χ3n) is 27.9. The molecule has 0 bridgehead atoms. The van der Waals surface area contributed by atoms with Crippen molar-refractivity contribution in [3.8, 4) is 84.8 Å². The lowest BCUT2D eigenvalue weighted by molar-refractivity contribution is 0.918. The van der Waals surface area contributed by atoms with Crippen LogP contribution < -0.4 is 4.90 Å². The molecule has 0 saturated carbocycles. The first-order valence-corrected chi connectivity index (χ1v) is 45.8. The van der Waals surface area contributed by atoms with E-state index in [1.807, 2.05) is 0 Å². The van der Waals surface area contributed by atoms with Gasteiger partial charge in [0.2, 0.25) is 5.95 Å². The third-order valence-corrected chi connectivity index (χ3v) is 27.9. The summed E-state index contributed by atoms with van der Waals surface area (Å²) in [5.74, 6) is 1.92. The maximum atomic E-state index is 6.11. The largest absolute Gasteiger partial charge is 0.310 e. The fourth-order valence-corrected chi connectivity index (χ4v) is 21.9. The van der Waals surface area contributed by atoms with Gasteiger partial charge in [0.15, 0.2) is 0 Å². The molecule has 0 atom stereocenters. The Morgan fingerprint density at radius 1 is 0.134 bits per heavy atom. The van der Waals surface area contributed by atoms with E-state index in [1.165, 1.54) is 43.1 Å². The smallest absolute Gasteiger partial charge is 0.238 e. The molecule has 0 aliphatic rings. The highest BCUT2D eigenvalue weighted by Gasteiger charge is 2.28. The van der Waals surface area contributed by atoms with Crippen LogP contribution in [0.5, 0.6) is 0 Å². The Balaban J connectivity index is 0.702. The van der Waals surface area contributed by atoms with Crippen LogP contribution in [0.25, 0.3) is 237 Å². The molecule has 0 fully saturated rings. The molecule has 134 heavy (non-hydrogen) atoms. The van der Waals surface area contributed by atoms with Gasteiger partial charge in [-0.05, 0) is 263 Å². The Morgan fingerprint density at radius 2 is 0.328 bits per heavy atom. The summed E-state index contributed by atoms with van der Waals surface area (Å²) in [6.07, 6.45) is 0. The van der Waals surface area contributed by atoms with Crippen LogP contribution in [0.15, 0.2) is 473 Å². The van der Waals surface area contributed by atoms with E-state index in [4.69, 9.17) is 9.97 Å². The number of fused-ring (bicyclic) bond motifs is 21. The van der Waals surface area contributed by atoms with Gasteiger partial charge in [0, 0.05) is 121 Å². The van der Waals surface area contributed by atoms with Crippen LogP contribution in [0.3, 0.4) is 0 Å². The minimum absolute atomic E-state index is 0.516. The van der Waals surface area contributed by atoms with Crippen molar-refractivity contribution in [2.45, 2.75) is 0 Å². The van der Waals surface area contributed by atoms with Gasteiger partial charge in [-0.15, -0.1) is 0 Å². The molecular formula is C124H78N10. The summed E-state index contributed by atoms with van der Waals surface area (Å²) >= 11 is 0. The normalized spacial score (nSPS) is 12.0. The second-order valence-corrected chi connectivity index (χ2v) is 35.2. The zero-order valence-corrected chi connectivity index (χ0v) is 72.5. The molecule has 624 valence electrons. The van der Waals surface area contributed by atoms with Crippen LogP contribution in [0.2, 0.25) is 0 Å². The number of rotatable bonds is 14. The van der Waals surface area contributed by atoms with Gasteiger partial charge in [-0.25, -0.2) is 0 Å². The molecule has 8 aromatic heterocycles. The van der Waals surface area contributed by atoms with Crippen molar-refractivity contribution >= 4 is 170 Å². The van der Waals surface area contributed by atoms with Crippen molar-refractivity contribution in [3.05, 3.63) is 473 Å². The molecule has 0 saturated heterocycles. The first-order chi connectivity index (χ1) is 66.5. The monoisotopic (exact) mass is 1710 g/mol. The number of hydrogen-bond donors (Lipinski definition) is 0. The summed E-state index contributed by atoms with van der Waals surface area (Å²) in [6.45, 7) is 0. The van der Waals surface area contributed by atoms with Gasteiger partial charge in [-0.2, -0.15) is 9.97 Å². The SMILES string of the molecule is c1ccc(N(c2ccccc2)c2ccc3c(c2)c2ccccc2n3-c2nc(-n3c4ccc(-c5ccc6c(c5)c5ccccc5n6-c5ccccc5)cc4c4cc(-c5ccc6c(c5)c5ccccc5n6-c5ccccc5)ccc43)cc(-n3c4ccc(-c5ccc6c(c5)c5ccccc5n6-c5ccccc5)cc4c4cc(-c5ccc6c(c5)c5ccccc5n6-c5ccccc5)ccc43)n2)cc1. The average molecular weight is 1710 g/mol. The predicted octanol–water partition coefficient (Wildman–Crippen LogP) is 32.3.